The quantitative estimate of drug-likeness (QED) is 0.513. The molecular formula is C6H11NO2. The summed E-state index contributed by atoms with van der Waals surface area (Å²) in [5, 5.41) is 7.89. The molecule has 0 aliphatic rings. The second-order valence-electron chi connectivity index (χ2n) is 1.32. The summed E-state index contributed by atoms with van der Waals surface area (Å²) < 4.78 is 0. The fourth-order valence-corrected chi connectivity index (χ4v) is 0. The van der Waals surface area contributed by atoms with Gasteiger partial charge in [0.25, 0.3) is 0 Å². The van der Waals surface area contributed by atoms with Crippen LogP contribution in [-0.2, 0) is 4.79 Å². The van der Waals surface area contributed by atoms with Crippen LogP contribution in [0.5, 0.6) is 0 Å². The standard InChI is InChI=1S/C4H6O2.C2H5N/c1-3(2)4(5)6;1-2-3/h1H2,2H3,(H,5,6);2H,1,3H2. The Morgan fingerprint density at radius 3 is 1.89 bits per heavy atom. The number of nitrogens with two attached hydrogens (primary N) is 1. The van der Waals surface area contributed by atoms with Gasteiger partial charge in [-0.15, -0.1) is 0 Å². The lowest BCUT2D eigenvalue weighted by Crippen LogP contribution is -1.92. The smallest absolute Gasteiger partial charge is 0.330 e. The van der Waals surface area contributed by atoms with Crippen LogP contribution < -0.4 is 5.73 Å². The van der Waals surface area contributed by atoms with Crippen molar-refractivity contribution < 1.29 is 9.90 Å². The van der Waals surface area contributed by atoms with Crippen molar-refractivity contribution in [3.63, 3.8) is 0 Å². The van der Waals surface area contributed by atoms with Crippen molar-refractivity contribution in [1.82, 2.24) is 0 Å². The molecule has 0 fully saturated rings. The average molecular weight is 129 g/mol. The molecule has 3 heteroatoms. The van der Waals surface area contributed by atoms with Gasteiger partial charge < -0.3 is 10.8 Å². The Balaban J connectivity index is 0. The molecule has 0 unspecified atom stereocenters. The number of carbonyl (C=O) groups is 1. The third-order valence-electron chi connectivity index (χ3n) is 0.365. The maximum atomic E-state index is 9.60. The predicted octanol–water partition coefficient (Wildman–Crippen LogP) is 0.736. The monoisotopic (exact) mass is 129 g/mol. The first kappa shape index (κ1) is 10.7. The van der Waals surface area contributed by atoms with E-state index in [9.17, 15) is 4.79 Å². The van der Waals surface area contributed by atoms with Crippen molar-refractivity contribution in [3.8, 4) is 0 Å². The summed E-state index contributed by atoms with van der Waals surface area (Å²) in [6.07, 6.45) is 1.25. The van der Waals surface area contributed by atoms with Gasteiger partial charge >= 0.3 is 5.97 Å². The summed E-state index contributed by atoms with van der Waals surface area (Å²) in [6, 6.07) is 0. The molecule has 0 bridgehead atoms. The van der Waals surface area contributed by atoms with Gasteiger partial charge in [-0.25, -0.2) is 4.79 Å². The summed E-state index contributed by atoms with van der Waals surface area (Å²) in [4.78, 5) is 9.60. The predicted molar refractivity (Wildman–Crippen MR) is 36.8 cm³/mol. The number of carboxylic acids is 1. The van der Waals surface area contributed by atoms with Crippen molar-refractivity contribution in [2.24, 2.45) is 5.73 Å². The molecule has 0 aliphatic carbocycles. The molecule has 0 spiro atoms. The van der Waals surface area contributed by atoms with Crippen LogP contribution in [-0.4, -0.2) is 11.1 Å². The van der Waals surface area contributed by atoms with E-state index in [-0.39, 0.29) is 5.57 Å². The third-order valence-corrected chi connectivity index (χ3v) is 0.365. The summed E-state index contributed by atoms with van der Waals surface area (Å²) in [7, 11) is 0. The summed E-state index contributed by atoms with van der Waals surface area (Å²) in [6.45, 7) is 7.74. The molecule has 0 radical (unpaired) electrons. The SMILES string of the molecule is C=C(C)C(=O)O.C=CN. The van der Waals surface area contributed by atoms with Crippen molar-refractivity contribution in [1.29, 1.82) is 0 Å². The number of rotatable bonds is 1. The highest BCUT2D eigenvalue weighted by molar-refractivity contribution is 5.84. The number of aliphatic carboxylic acids is 1. The Morgan fingerprint density at radius 1 is 1.78 bits per heavy atom. The van der Waals surface area contributed by atoms with E-state index in [4.69, 9.17) is 5.11 Å². The third kappa shape index (κ3) is 20.1. The molecule has 3 N–H and O–H groups in total. The molecule has 52 valence electrons. The molecule has 0 aromatic heterocycles. The normalized spacial score (nSPS) is 6.33. The van der Waals surface area contributed by atoms with E-state index >= 15 is 0 Å². The second kappa shape index (κ2) is 6.75. The van der Waals surface area contributed by atoms with Crippen molar-refractivity contribution >= 4 is 5.97 Å². The zero-order chi connectivity index (χ0) is 7.86. The first-order valence-corrected chi connectivity index (χ1v) is 2.27. The minimum Gasteiger partial charge on any atom is -0.478 e. The lowest BCUT2D eigenvalue weighted by Gasteiger charge is -1.79. The summed E-state index contributed by atoms with van der Waals surface area (Å²) >= 11 is 0. The summed E-state index contributed by atoms with van der Waals surface area (Å²) in [5.74, 6) is -0.935. The number of carboxylic acid groups (broad SMARTS) is 1. The van der Waals surface area contributed by atoms with E-state index in [2.05, 4.69) is 18.9 Å². The molecule has 0 saturated heterocycles. The highest BCUT2D eigenvalue weighted by Crippen LogP contribution is 1.81. The largest absolute Gasteiger partial charge is 0.478 e. The topological polar surface area (TPSA) is 63.3 Å². The van der Waals surface area contributed by atoms with Crippen LogP contribution in [0.1, 0.15) is 6.92 Å². The number of hydrogen-bond donors (Lipinski definition) is 2. The molecule has 0 saturated carbocycles. The Bertz CT molecular complexity index is 106. The lowest BCUT2D eigenvalue weighted by atomic mass is 10.4. The van der Waals surface area contributed by atoms with E-state index in [0.29, 0.717) is 0 Å². The molecule has 0 amide bonds. The van der Waals surface area contributed by atoms with E-state index in [0.717, 1.165) is 0 Å². The Hall–Kier alpha value is -1.25. The first-order valence-electron chi connectivity index (χ1n) is 2.27. The van der Waals surface area contributed by atoms with Gasteiger partial charge in [-0.3, -0.25) is 0 Å². The van der Waals surface area contributed by atoms with Gasteiger partial charge in [-0.1, -0.05) is 13.2 Å². The van der Waals surface area contributed by atoms with Crippen molar-refractivity contribution in [2.75, 3.05) is 0 Å². The number of hydrogen-bond acceptors (Lipinski definition) is 2. The molecule has 0 aromatic carbocycles. The van der Waals surface area contributed by atoms with Crippen molar-refractivity contribution in [2.45, 2.75) is 6.92 Å². The molecule has 0 rings (SSSR count). The van der Waals surface area contributed by atoms with E-state index in [1.165, 1.54) is 13.1 Å². The molecule has 0 aliphatic heterocycles. The zero-order valence-electron chi connectivity index (χ0n) is 5.42. The Kier molecular flexibility index (Phi) is 8.01. The fourth-order valence-electron chi connectivity index (χ4n) is 0. The van der Waals surface area contributed by atoms with Gasteiger partial charge in [0, 0.05) is 5.57 Å². The molecule has 0 aromatic rings. The minimum absolute atomic E-state index is 0.176. The van der Waals surface area contributed by atoms with E-state index in [1.807, 2.05) is 0 Å². The fraction of sp³-hybridized carbons (Fsp3) is 0.167. The van der Waals surface area contributed by atoms with Crippen molar-refractivity contribution in [3.05, 3.63) is 24.9 Å². The molecular weight excluding hydrogens is 118 g/mol. The van der Waals surface area contributed by atoms with Gasteiger partial charge in [0.15, 0.2) is 0 Å². The second-order valence-corrected chi connectivity index (χ2v) is 1.32. The van der Waals surface area contributed by atoms with Gasteiger partial charge in [0.2, 0.25) is 0 Å². The minimum atomic E-state index is -0.935. The summed E-state index contributed by atoms with van der Waals surface area (Å²) in [5.41, 5.74) is 4.79. The first-order chi connectivity index (χ1) is 4.06. The average Bonchev–Trinajstić information content (AvgIpc) is 1.68. The van der Waals surface area contributed by atoms with Crippen LogP contribution in [0.4, 0.5) is 0 Å². The van der Waals surface area contributed by atoms with Gasteiger partial charge in [-0.2, -0.15) is 0 Å². The van der Waals surface area contributed by atoms with Crippen LogP contribution in [0.25, 0.3) is 0 Å². The van der Waals surface area contributed by atoms with Crippen LogP contribution in [0.2, 0.25) is 0 Å². The van der Waals surface area contributed by atoms with E-state index < -0.39 is 5.97 Å². The zero-order valence-corrected chi connectivity index (χ0v) is 5.42. The molecule has 0 heterocycles. The van der Waals surface area contributed by atoms with Crippen LogP contribution in [0.15, 0.2) is 24.9 Å². The highest BCUT2D eigenvalue weighted by atomic mass is 16.4. The van der Waals surface area contributed by atoms with Gasteiger partial charge in [0.05, 0.1) is 0 Å². The maximum Gasteiger partial charge on any atom is 0.330 e. The van der Waals surface area contributed by atoms with Crippen LogP contribution in [0.3, 0.4) is 0 Å². The Labute approximate surface area is 54.5 Å². The lowest BCUT2D eigenvalue weighted by molar-refractivity contribution is -0.132. The van der Waals surface area contributed by atoms with Gasteiger partial charge in [0.1, 0.15) is 0 Å². The maximum absolute atomic E-state index is 9.60. The molecule has 3 nitrogen and oxygen atoms in total. The molecule has 0 atom stereocenters. The van der Waals surface area contributed by atoms with E-state index in [1.54, 1.807) is 0 Å². The molecule has 9 heavy (non-hydrogen) atoms. The van der Waals surface area contributed by atoms with Crippen LogP contribution in [0, 0.1) is 0 Å². The van der Waals surface area contributed by atoms with Gasteiger partial charge in [-0.05, 0) is 13.1 Å². The highest BCUT2D eigenvalue weighted by Gasteiger charge is 1.90. The Morgan fingerprint density at radius 2 is 1.89 bits per heavy atom. The van der Waals surface area contributed by atoms with Crippen LogP contribution >= 0.6 is 0 Å².